The summed E-state index contributed by atoms with van der Waals surface area (Å²) in [7, 11) is 0. The molecule has 0 amide bonds. The lowest BCUT2D eigenvalue weighted by atomic mass is 10.2. The monoisotopic (exact) mass is 300 g/mol. The van der Waals surface area contributed by atoms with Crippen molar-refractivity contribution in [3.05, 3.63) is 45.8 Å². The van der Waals surface area contributed by atoms with Gasteiger partial charge in [-0.3, -0.25) is 4.68 Å². The summed E-state index contributed by atoms with van der Waals surface area (Å²) in [6.45, 7) is 0.739. The van der Waals surface area contributed by atoms with Crippen LogP contribution in [0.3, 0.4) is 0 Å². The smallest absolute Gasteiger partial charge is 0.115 e. The number of aromatic hydroxyl groups is 1. The van der Waals surface area contributed by atoms with Crippen molar-refractivity contribution in [1.29, 1.82) is 0 Å². The Kier molecular flexibility index (Phi) is 2.72. The molecule has 72 valence electrons. The van der Waals surface area contributed by atoms with Crippen molar-refractivity contribution >= 4 is 22.6 Å². The Morgan fingerprint density at radius 2 is 2.00 bits per heavy atom. The third kappa shape index (κ3) is 2.25. The molecule has 0 atom stereocenters. The number of hydrogen-bond acceptors (Lipinski definition) is 2. The molecule has 1 N–H and O–H groups in total. The van der Waals surface area contributed by atoms with E-state index in [1.807, 2.05) is 29.2 Å². The summed E-state index contributed by atoms with van der Waals surface area (Å²) in [4.78, 5) is 0. The molecule has 0 spiro atoms. The minimum absolute atomic E-state index is 0.295. The van der Waals surface area contributed by atoms with Crippen molar-refractivity contribution in [2.24, 2.45) is 0 Å². The fourth-order valence-corrected chi connectivity index (χ4v) is 1.66. The molecule has 4 heteroatoms. The highest BCUT2D eigenvalue weighted by molar-refractivity contribution is 14.1. The molecule has 0 radical (unpaired) electrons. The first kappa shape index (κ1) is 9.51. The highest BCUT2D eigenvalue weighted by atomic mass is 127. The second-order valence-electron chi connectivity index (χ2n) is 3.02. The van der Waals surface area contributed by atoms with Crippen LogP contribution in [0.25, 0.3) is 0 Å². The van der Waals surface area contributed by atoms with Gasteiger partial charge in [0.05, 0.1) is 16.3 Å². The van der Waals surface area contributed by atoms with Gasteiger partial charge in [0.2, 0.25) is 0 Å². The third-order valence-corrected chi connectivity index (χ3v) is 2.44. The first-order valence-electron chi connectivity index (χ1n) is 4.20. The molecular formula is C10H9IN2O. The molecule has 0 saturated heterocycles. The molecule has 0 saturated carbocycles. The molecule has 3 nitrogen and oxygen atoms in total. The fourth-order valence-electron chi connectivity index (χ4n) is 1.21. The number of phenolic OH excluding ortho intramolecular Hbond substituents is 1. The van der Waals surface area contributed by atoms with Crippen LogP contribution in [-0.2, 0) is 6.54 Å². The predicted octanol–water partition coefficient (Wildman–Crippen LogP) is 2.24. The normalized spacial score (nSPS) is 10.4. The van der Waals surface area contributed by atoms with Gasteiger partial charge >= 0.3 is 0 Å². The molecule has 0 aliphatic rings. The number of hydrogen-bond donors (Lipinski definition) is 1. The highest BCUT2D eigenvalue weighted by Gasteiger charge is 1.97. The summed E-state index contributed by atoms with van der Waals surface area (Å²) >= 11 is 2.23. The predicted molar refractivity (Wildman–Crippen MR) is 62.2 cm³/mol. The third-order valence-electron chi connectivity index (χ3n) is 1.88. The molecule has 0 aliphatic heterocycles. The van der Waals surface area contributed by atoms with Gasteiger partial charge in [-0.15, -0.1) is 0 Å². The van der Waals surface area contributed by atoms with Gasteiger partial charge in [0.1, 0.15) is 5.75 Å². The van der Waals surface area contributed by atoms with Crippen molar-refractivity contribution in [3.8, 4) is 5.75 Å². The Morgan fingerprint density at radius 1 is 1.29 bits per heavy atom. The number of rotatable bonds is 2. The topological polar surface area (TPSA) is 38.0 Å². The summed E-state index contributed by atoms with van der Waals surface area (Å²) < 4.78 is 3.00. The summed E-state index contributed by atoms with van der Waals surface area (Å²) in [5.74, 6) is 0.295. The molecule has 2 aromatic rings. The summed E-state index contributed by atoms with van der Waals surface area (Å²) in [6.07, 6.45) is 3.80. The number of halogens is 1. The molecule has 0 aliphatic carbocycles. The molecule has 0 bridgehead atoms. The maximum atomic E-state index is 9.10. The standard InChI is InChI=1S/C10H9IN2O/c11-9-5-12-13(7-9)6-8-1-3-10(14)4-2-8/h1-5,7,14H,6H2. The molecular weight excluding hydrogens is 291 g/mol. The number of benzene rings is 1. The van der Waals surface area contributed by atoms with E-state index in [1.54, 1.807) is 12.1 Å². The summed E-state index contributed by atoms with van der Waals surface area (Å²) in [5, 5.41) is 13.3. The van der Waals surface area contributed by atoms with Crippen molar-refractivity contribution in [2.45, 2.75) is 6.54 Å². The van der Waals surface area contributed by atoms with E-state index in [0.29, 0.717) is 5.75 Å². The van der Waals surface area contributed by atoms with Crippen LogP contribution < -0.4 is 0 Å². The van der Waals surface area contributed by atoms with Crippen molar-refractivity contribution in [2.75, 3.05) is 0 Å². The van der Waals surface area contributed by atoms with Crippen LogP contribution in [0.15, 0.2) is 36.7 Å². The van der Waals surface area contributed by atoms with E-state index in [2.05, 4.69) is 27.7 Å². The first-order chi connectivity index (χ1) is 6.74. The van der Waals surface area contributed by atoms with Crippen molar-refractivity contribution < 1.29 is 5.11 Å². The number of phenols is 1. The Morgan fingerprint density at radius 3 is 2.57 bits per heavy atom. The first-order valence-corrected chi connectivity index (χ1v) is 5.28. The van der Waals surface area contributed by atoms with Crippen molar-refractivity contribution in [3.63, 3.8) is 0 Å². The minimum atomic E-state index is 0.295. The lowest BCUT2D eigenvalue weighted by Crippen LogP contribution is -1.99. The Labute approximate surface area is 95.5 Å². The SMILES string of the molecule is Oc1ccc(Cn2cc(I)cn2)cc1. The van der Waals surface area contributed by atoms with E-state index >= 15 is 0 Å². The van der Waals surface area contributed by atoms with E-state index in [9.17, 15) is 0 Å². The van der Waals surface area contributed by atoms with E-state index in [1.165, 1.54) is 0 Å². The van der Waals surface area contributed by atoms with Gasteiger partial charge < -0.3 is 5.11 Å². The number of aromatic nitrogens is 2. The van der Waals surface area contributed by atoms with Gasteiger partial charge in [0.25, 0.3) is 0 Å². The Balaban J connectivity index is 2.15. The van der Waals surface area contributed by atoms with Crippen molar-refractivity contribution in [1.82, 2.24) is 9.78 Å². The van der Waals surface area contributed by atoms with Crippen LogP contribution in [0.5, 0.6) is 5.75 Å². The quantitative estimate of drug-likeness (QED) is 0.864. The largest absolute Gasteiger partial charge is 0.508 e. The molecule has 2 rings (SSSR count). The summed E-state index contributed by atoms with van der Waals surface area (Å²) in [5.41, 5.74) is 1.13. The van der Waals surface area contributed by atoms with E-state index < -0.39 is 0 Å². The molecule has 1 aromatic heterocycles. The van der Waals surface area contributed by atoms with E-state index in [0.717, 1.165) is 15.7 Å². The van der Waals surface area contributed by atoms with Crippen LogP contribution in [0, 0.1) is 3.57 Å². The van der Waals surface area contributed by atoms with Gasteiger partial charge in [0.15, 0.2) is 0 Å². The fraction of sp³-hybridized carbons (Fsp3) is 0.100. The second-order valence-corrected chi connectivity index (χ2v) is 4.27. The average Bonchev–Trinajstić information content (AvgIpc) is 2.56. The summed E-state index contributed by atoms with van der Waals surface area (Å²) in [6, 6.07) is 7.15. The molecule has 14 heavy (non-hydrogen) atoms. The lowest BCUT2D eigenvalue weighted by molar-refractivity contribution is 0.475. The van der Waals surface area contributed by atoms with Gasteiger partial charge in [-0.2, -0.15) is 5.10 Å². The van der Waals surface area contributed by atoms with Gasteiger partial charge in [-0.25, -0.2) is 0 Å². The van der Waals surface area contributed by atoms with Gasteiger partial charge in [-0.05, 0) is 40.3 Å². The average molecular weight is 300 g/mol. The zero-order valence-corrected chi connectivity index (χ0v) is 9.55. The zero-order chi connectivity index (χ0) is 9.97. The minimum Gasteiger partial charge on any atom is -0.508 e. The van der Waals surface area contributed by atoms with Crippen LogP contribution in [0.1, 0.15) is 5.56 Å². The second kappa shape index (κ2) is 4.00. The molecule has 1 aromatic carbocycles. The van der Waals surface area contributed by atoms with Crippen LogP contribution in [0.4, 0.5) is 0 Å². The Bertz CT molecular complexity index is 422. The van der Waals surface area contributed by atoms with E-state index in [4.69, 9.17) is 5.11 Å². The maximum Gasteiger partial charge on any atom is 0.115 e. The maximum absolute atomic E-state index is 9.10. The lowest BCUT2D eigenvalue weighted by Gasteiger charge is -2.01. The highest BCUT2D eigenvalue weighted by Crippen LogP contribution is 2.11. The number of nitrogens with zero attached hydrogens (tertiary/aromatic N) is 2. The van der Waals surface area contributed by atoms with E-state index in [-0.39, 0.29) is 0 Å². The molecule has 1 heterocycles. The molecule has 0 fully saturated rings. The van der Waals surface area contributed by atoms with Crippen LogP contribution >= 0.6 is 22.6 Å². The van der Waals surface area contributed by atoms with Gasteiger partial charge in [0, 0.05) is 6.20 Å². The Hall–Kier alpha value is -1.04. The van der Waals surface area contributed by atoms with Crippen LogP contribution in [0.2, 0.25) is 0 Å². The molecule has 0 unspecified atom stereocenters. The van der Waals surface area contributed by atoms with Crippen LogP contribution in [-0.4, -0.2) is 14.9 Å². The van der Waals surface area contributed by atoms with Gasteiger partial charge in [-0.1, -0.05) is 12.1 Å². The zero-order valence-electron chi connectivity index (χ0n) is 7.39.